The number of fused-ring (bicyclic) bond motifs is 3. The van der Waals surface area contributed by atoms with Crippen LogP contribution < -0.4 is 5.32 Å². The first-order valence-corrected chi connectivity index (χ1v) is 9.07. The number of nitro benzene ring substituents is 1. The first kappa shape index (κ1) is 17.3. The molecule has 0 unspecified atom stereocenters. The van der Waals surface area contributed by atoms with Crippen LogP contribution in [0.25, 0.3) is 0 Å². The molecule has 4 rings (SSSR count). The van der Waals surface area contributed by atoms with E-state index in [-0.39, 0.29) is 34.5 Å². The van der Waals surface area contributed by atoms with Crippen molar-refractivity contribution in [2.45, 2.75) is 25.3 Å². The molecular weight excluding hydrogens is 344 g/mol. The standard InChI is InChI=1S/C21H20N2O4/c1-2-27-21(24)13-10-11-18-17(12-13)14-7-5-8-15(14)20(22-18)16-6-3-4-9-19(16)23(25)26/h3-7,9-12,14-15,20,22H,2,8H2,1H3/t14-,15+,20+/m0/s1. The van der Waals surface area contributed by atoms with E-state index in [2.05, 4.69) is 17.5 Å². The molecule has 0 radical (unpaired) electrons. The highest BCUT2D eigenvalue weighted by Gasteiger charge is 2.40. The number of para-hydroxylation sites is 1. The zero-order chi connectivity index (χ0) is 19.0. The summed E-state index contributed by atoms with van der Waals surface area (Å²) in [4.78, 5) is 23.3. The fraction of sp³-hybridized carbons (Fsp3) is 0.286. The van der Waals surface area contributed by atoms with Gasteiger partial charge in [-0.1, -0.05) is 30.4 Å². The van der Waals surface area contributed by atoms with Crippen molar-refractivity contribution in [3.63, 3.8) is 0 Å². The molecule has 0 amide bonds. The second-order valence-electron chi connectivity index (χ2n) is 6.81. The molecule has 0 saturated carbocycles. The van der Waals surface area contributed by atoms with E-state index in [0.717, 1.165) is 17.7 Å². The maximum absolute atomic E-state index is 12.1. The lowest BCUT2D eigenvalue weighted by Crippen LogP contribution is -2.29. The smallest absolute Gasteiger partial charge is 0.338 e. The number of allylic oxidation sites excluding steroid dienone is 2. The van der Waals surface area contributed by atoms with Gasteiger partial charge in [0.15, 0.2) is 0 Å². The molecule has 0 saturated heterocycles. The van der Waals surface area contributed by atoms with Gasteiger partial charge in [0.2, 0.25) is 0 Å². The predicted molar refractivity (Wildman–Crippen MR) is 102 cm³/mol. The fourth-order valence-electron chi connectivity index (χ4n) is 4.16. The highest BCUT2D eigenvalue weighted by molar-refractivity contribution is 5.90. The third-order valence-corrected chi connectivity index (χ3v) is 5.34. The molecule has 6 nitrogen and oxygen atoms in total. The summed E-state index contributed by atoms with van der Waals surface area (Å²) in [5, 5.41) is 15.0. The van der Waals surface area contributed by atoms with Gasteiger partial charge in [0.1, 0.15) is 0 Å². The Hall–Kier alpha value is -3.15. The van der Waals surface area contributed by atoms with Gasteiger partial charge < -0.3 is 10.1 Å². The molecule has 1 aliphatic heterocycles. The molecule has 0 aromatic heterocycles. The van der Waals surface area contributed by atoms with Crippen LogP contribution in [0.4, 0.5) is 11.4 Å². The Kier molecular flexibility index (Phi) is 4.39. The van der Waals surface area contributed by atoms with E-state index in [4.69, 9.17) is 4.74 Å². The van der Waals surface area contributed by atoms with Crippen molar-refractivity contribution in [1.29, 1.82) is 0 Å². The number of hydrogen-bond donors (Lipinski definition) is 1. The largest absolute Gasteiger partial charge is 0.462 e. The van der Waals surface area contributed by atoms with Crippen LogP contribution in [-0.4, -0.2) is 17.5 Å². The molecular formula is C21H20N2O4. The number of nitrogens with zero attached hydrogens (tertiary/aromatic N) is 1. The molecule has 138 valence electrons. The highest BCUT2D eigenvalue weighted by atomic mass is 16.6. The number of esters is 1. The van der Waals surface area contributed by atoms with Crippen molar-refractivity contribution >= 4 is 17.3 Å². The number of carbonyl (C=O) groups excluding carboxylic acids is 1. The molecule has 27 heavy (non-hydrogen) atoms. The van der Waals surface area contributed by atoms with Crippen LogP contribution in [0.2, 0.25) is 0 Å². The zero-order valence-corrected chi connectivity index (χ0v) is 14.9. The van der Waals surface area contributed by atoms with Crippen molar-refractivity contribution in [2.75, 3.05) is 11.9 Å². The van der Waals surface area contributed by atoms with E-state index in [9.17, 15) is 14.9 Å². The van der Waals surface area contributed by atoms with Gasteiger partial charge in [-0.25, -0.2) is 4.79 Å². The minimum Gasteiger partial charge on any atom is -0.462 e. The number of hydrogen-bond acceptors (Lipinski definition) is 5. The maximum Gasteiger partial charge on any atom is 0.338 e. The normalized spacial score (nSPS) is 22.5. The molecule has 1 heterocycles. The summed E-state index contributed by atoms with van der Waals surface area (Å²) in [5.41, 5.74) is 3.29. The summed E-state index contributed by atoms with van der Waals surface area (Å²) in [6, 6.07) is 12.2. The minimum atomic E-state index is -0.334. The molecule has 3 atom stereocenters. The predicted octanol–water partition coefficient (Wildman–Crippen LogP) is 4.60. The first-order valence-electron chi connectivity index (χ1n) is 9.07. The van der Waals surface area contributed by atoms with Gasteiger partial charge in [0, 0.05) is 17.7 Å². The van der Waals surface area contributed by atoms with E-state index in [1.165, 1.54) is 0 Å². The second kappa shape index (κ2) is 6.87. The van der Waals surface area contributed by atoms with E-state index >= 15 is 0 Å². The van der Waals surface area contributed by atoms with Crippen LogP contribution in [-0.2, 0) is 4.74 Å². The lowest BCUT2D eigenvalue weighted by atomic mass is 9.76. The summed E-state index contributed by atoms with van der Waals surface area (Å²) in [5.74, 6) is -0.0591. The Balaban J connectivity index is 1.75. The highest BCUT2D eigenvalue weighted by Crippen LogP contribution is 2.51. The van der Waals surface area contributed by atoms with E-state index < -0.39 is 0 Å². The van der Waals surface area contributed by atoms with Gasteiger partial charge in [-0.2, -0.15) is 0 Å². The van der Waals surface area contributed by atoms with Crippen LogP contribution in [0, 0.1) is 16.0 Å². The fourth-order valence-corrected chi connectivity index (χ4v) is 4.16. The molecule has 2 aromatic carbocycles. The number of ether oxygens (including phenoxy) is 1. The van der Waals surface area contributed by atoms with Crippen molar-refractivity contribution in [3.8, 4) is 0 Å². The first-order chi connectivity index (χ1) is 13.1. The Labute approximate surface area is 157 Å². The Morgan fingerprint density at radius 2 is 2.07 bits per heavy atom. The van der Waals surface area contributed by atoms with Crippen LogP contribution in [0.5, 0.6) is 0 Å². The van der Waals surface area contributed by atoms with Gasteiger partial charge in [0.05, 0.1) is 28.7 Å². The number of nitro groups is 1. The summed E-state index contributed by atoms with van der Waals surface area (Å²) in [6.45, 7) is 2.12. The average molecular weight is 364 g/mol. The van der Waals surface area contributed by atoms with Gasteiger partial charge in [0.25, 0.3) is 5.69 Å². The maximum atomic E-state index is 12.1. The summed E-state index contributed by atoms with van der Waals surface area (Å²) in [6.07, 6.45) is 5.09. The summed E-state index contributed by atoms with van der Waals surface area (Å²) < 4.78 is 5.11. The quantitative estimate of drug-likeness (QED) is 0.371. The Bertz CT molecular complexity index is 938. The SMILES string of the molecule is CCOC(=O)c1ccc2c(c1)[C@H]1C=CC[C@H]1[C@H](c1ccccc1[N+](=O)[O-])N2. The Morgan fingerprint density at radius 1 is 1.26 bits per heavy atom. The third kappa shape index (κ3) is 2.97. The number of anilines is 1. The van der Waals surface area contributed by atoms with E-state index in [0.29, 0.717) is 17.7 Å². The monoisotopic (exact) mass is 364 g/mol. The topological polar surface area (TPSA) is 81.5 Å². The van der Waals surface area contributed by atoms with Gasteiger partial charge in [-0.3, -0.25) is 10.1 Å². The van der Waals surface area contributed by atoms with Crippen molar-refractivity contribution in [1.82, 2.24) is 0 Å². The van der Waals surface area contributed by atoms with Crippen LogP contribution >= 0.6 is 0 Å². The molecule has 0 bridgehead atoms. The minimum absolute atomic E-state index is 0.112. The average Bonchev–Trinajstić information content (AvgIpc) is 3.17. The Morgan fingerprint density at radius 3 is 2.85 bits per heavy atom. The molecule has 0 fully saturated rings. The van der Waals surface area contributed by atoms with Crippen molar-refractivity contribution in [3.05, 3.63) is 81.4 Å². The van der Waals surface area contributed by atoms with Crippen LogP contribution in [0.15, 0.2) is 54.6 Å². The van der Waals surface area contributed by atoms with Gasteiger partial charge in [-0.05, 0) is 43.0 Å². The molecule has 6 heteroatoms. The lowest BCUT2D eigenvalue weighted by molar-refractivity contribution is -0.385. The van der Waals surface area contributed by atoms with Gasteiger partial charge >= 0.3 is 5.97 Å². The number of rotatable bonds is 4. The zero-order valence-electron chi connectivity index (χ0n) is 14.9. The van der Waals surface area contributed by atoms with Crippen molar-refractivity contribution < 1.29 is 14.5 Å². The lowest BCUT2D eigenvalue weighted by Gasteiger charge is -2.37. The molecule has 1 N–H and O–H groups in total. The summed E-state index contributed by atoms with van der Waals surface area (Å²) in [7, 11) is 0. The number of nitrogens with one attached hydrogen (secondary N) is 1. The summed E-state index contributed by atoms with van der Waals surface area (Å²) >= 11 is 0. The molecule has 2 aromatic rings. The van der Waals surface area contributed by atoms with Crippen LogP contribution in [0.3, 0.4) is 0 Å². The third-order valence-electron chi connectivity index (χ3n) is 5.34. The van der Waals surface area contributed by atoms with Crippen LogP contribution in [0.1, 0.15) is 46.8 Å². The van der Waals surface area contributed by atoms with Crippen molar-refractivity contribution in [2.24, 2.45) is 5.92 Å². The number of benzene rings is 2. The van der Waals surface area contributed by atoms with E-state index in [1.807, 2.05) is 24.3 Å². The molecule has 1 aliphatic carbocycles. The van der Waals surface area contributed by atoms with E-state index in [1.54, 1.807) is 25.1 Å². The number of carbonyl (C=O) groups is 1. The second-order valence-corrected chi connectivity index (χ2v) is 6.81. The molecule has 0 spiro atoms. The molecule has 2 aliphatic rings. The van der Waals surface area contributed by atoms with Gasteiger partial charge in [-0.15, -0.1) is 0 Å².